The molecule has 4 aliphatic heterocycles. The van der Waals surface area contributed by atoms with Gasteiger partial charge in [0.15, 0.2) is 0 Å². The Hall–Kier alpha value is -6.07. The van der Waals surface area contributed by atoms with E-state index in [4.69, 9.17) is 15.5 Å². The third kappa shape index (κ3) is 7.12. The van der Waals surface area contributed by atoms with E-state index in [1.54, 1.807) is 17.2 Å². The van der Waals surface area contributed by atoms with Gasteiger partial charge in [0.05, 0.1) is 22.3 Å². The number of carbonyl (C=O) groups is 4. The van der Waals surface area contributed by atoms with Crippen LogP contribution in [0.1, 0.15) is 96.8 Å². The predicted octanol–water partition coefficient (Wildman–Crippen LogP) is 5.00. The number of pyridine rings is 2. The van der Waals surface area contributed by atoms with E-state index in [-0.39, 0.29) is 30.3 Å². The van der Waals surface area contributed by atoms with Gasteiger partial charge < -0.3 is 25.2 Å². The van der Waals surface area contributed by atoms with Crippen molar-refractivity contribution in [1.29, 1.82) is 5.26 Å². The van der Waals surface area contributed by atoms with Crippen LogP contribution in [0.3, 0.4) is 0 Å². The van der Waals surface area contributed by atoms with Gasteiger partial charge in [0.1, 0.15) is 29.8 Å². The molecule has 0 bridgehead atoms. The molecule has 1 atom stereocenters. The maximum atomic E-state index is 13.2. The molecule has 316 valence electrons. The molecule has 1 aliphatic carbocycles. The molecule has 6 heterocycles. The van der Waals surface area contributed by atoms with Crippen molar-refractivity contribution in [2.75, 3.05) is 55.6 Å². The van der Waals surface area contributed by atoms with Crippen molar-refractivity contribution in [3.63, 3.8) is 0 Å². The van der Waals surface area contributed by atoms with Crippen molar-refractivity contribution in [2.24, 2.45) is 22.5 Å². The van der Waals surface area contributed by atoms with Gasteiger partial charge in [0, 0.05) is 98.4 Å². The van der Waals surface area contributed by atoms with E-state index in [0.717, 1.165) is 81.1 Å². The number of piperazine rings is 1. The van der Waals surface area contributed by atoms with E-state index in [9.17, 15) is 24.4 Å². The lowest BCUT2D eigenvalue weighted by molar-refractivity contribution is -0.161. The summed E-state index contributed by atoms with van der Waals surface area (Å²) in [4.78, 5) is 68.8. The number of nitriles is 1. The molecule has 14 heteroatoms. The molecule has 4 aromatic rings. The summed E-state index contributed by atoms with van der Waals surface area (Å²) in [5.74, 6) is 0.672. The minimum atomic E-state index is -0.614. The number of imide groups is 1. The van der Waals surface area contributed by atoms with Crippen LogP contribution in [0.5, 0.6) is 5.75 Å². The Balaban J connectivity index is 0.813. The van der Waals surface area contributed by atoms with Crippen molar-refractivity contribution in [3.8, 4) is 11.8 Å². The first-order valence-corrected chi connectivity index (χ1v) is 21.5. The number of amides is 4. The van der Waals surface area contributed by atoms with Crippen molar-refractivity contribution in [2.45, 2.75) is 78.0 Å². The molecular formula is C47H53N9O5. The Labute approximate surface area is 356 Å². The largest absolute Gasteiger partial charge is 0.489 e. The summed E-state index contributed by atoms with van der Waals surface area (Å²) in [6, 6.07) is 18.8. The van der Waals surface area contributed by atoms with Crippen molar-refractivity contribution in [1.82, 2.24) is 25.1 Å². The number of piperidine rings is 2. The van der Waals surface area contributed by atoms with Crippen LogP contribution in [-0.4, -0.2) is 101 Å². The summed E-state index contributed by atoms with van der Waals surface area (Å²) < 4.78 is 6.80. The third-order valence-corrected chi connectivity index (χ3v) is 14.1. The molecule has 3 saturated heterocycles. The lowest BCUT2D eigenvalue weighted by Gasteiger charge is -2.63. The Morgan fingerprint density at radius 2 is 1.69 bits per heavy atom. The fourth-order valence-corrected chi connectivity index (χ4v) is 11.3. The molecule has 0 radical (unpaired) electrons. The van der Waals surface area contributed by atoms with Gasteiger partial charge in [-0.1, -0.05) is 27.7 Å². The fraction of sp³-hybridized carbons (Fsp3) is 0.468. The van der Waals surface area contributed by atoms with Crippen LogP contribution in [0.25, 0.3) is 10.9 Å². The molecule has 0 spiro atoms. The molecule has 2 aromatic heterocycles. The number of benzene rings is 2. The van der Waals surface area contributed by atoms with Gasteiger partial charge in [-0.05, 0) is 85.3 Å². The number of fused-ring (bicyclic) bond motifs is 2. The van der Waals surface area contributed by atoms with Gasteiger partial charge in [0.25, 0.3) is 11.8 Å². The Morgan fingerprint density at radius 3 is 2.39 bits per heavy atom. The second kappa shape index (κ2) is 15.4. The number of aromatic nitrogens is 2. The van der Waals surface area contributed by atoms with E-state index < -0.39 is 28.7 Å². The number of primary amides is 1. The van der Waals surface area contributed by atoms with E-state index in [1.807, 2.05) is 42.5 Å². The zero-order chi connectivity index (χ0) is 42.8. The number of rotatable bonds is 9. The molecule has 9 rings (SSSR count). The topological polar surface area (TPSA) is 178 Å². The Kier molecular flexibility index (Phi) is 10.2. The molecule has 4 fully saturated rings. The zero-order valence-electron chi connectivity index (χ0n) is 35.3. The van der Waals surface area contributed by atoms with E-state index in [0.29, 0.717) is 52.5 Å². The predicted molar refractivity (Wildman–Crippen MR) is 230 cm³/mol. The lowest BCUT2D eigenvalue weighted by Crippen LogP contribution is -2.64. The molecular weight excluding hydrogens is 771 g/mol. The van der Waals surface area contributed by atoms with Crippen LogP contribution in [0.4, 0.5) is 11.5 Å². The number of nitrogens with zero attached hydrogens (tertiary/aromatic N) is 7. The SMILES string of the molecule is CC1(C)C(Oc2ccc(C#N)c3ncccc23)C(C)(C)C1c1nc(N2CCC(CN3CCN(c4ccc5c(c4)CN([C@H]4CCC(=O)NC4=O)C5=O)CC3)CC2)ccc1C(N)=O. The summed E-state index contributed by atoms with van der Waals surface area (Å²) in [5, 5.41) is 12.8. The van der Waals surface area contributed by atoms with Gasteiger partial charge >= 0.3 is 0 Å². The summed E-state index contributed by atoms with van der Waals surface area (Å²) in [5.41, 5.74) is 10.1. The first kappa shape index (κ1) is 40.3. The average molecular weight is 824 g/mol. The van der Waals surface area contributed by atoms with E-state index >= 15 is 0 Å². The number of ether oxygens (including phenoxy) is 1. The number of nitrogens with one attached hydrogen (secondary N) is 1. The summed E-state index contributed by atoms with van der Waals surface area (Å²) in [6.07, 6.45) is 4.14. The lowest BCUT2D eigenvalue weighted by atomic mass is 9.44. The van der Waals surface area contributed by atoms with Crippen LogP contribution >= 0.6 is 0 Å². The maximum Gasteiger partial charge on any atom is 0.255 e. The van der Waals surface area contributed by atoms with Crippen LogP contribution in [0.2, 0.25) is 0 Å². The standard InChI is InChI=1S/C47H53N9O5/c1-46(2)41(47(3,4)45(46)61-36-12-7-29(25-48)39-33(36)6-5-17-50-39)40-34(42(49)58)10-13-37(51-40)55-18-15-28(16-19-55)26-53-20-22-54(23-21-53)31-8-9-32-30(24-31)27-56(44(32)60)35-11-14-38(57)52-43(35)59/h5-10,12-13,17,24,28,35,41,45H,11,14-16,18-23,26-27H2,1-4H3,(H2,49,58)(H,52,57,59)/t35-,41?,45?/m0/s1. The molecule has 14 nitrogen and oxygen atoms in total. The normalized spacial score (nSPS) is 24.0. The highest BCUT2D eigenvalue weighted by molar-refractivity contribution is 6.05. The van der Waals surface area contributed by atoms with Crippen LogP contribution < -0.4 is 25.6 Å². The molecule has 3 N–H and O–H groups in total. The first-order valence-electron chi connectivity index (χ1n) is 21.5. The monoisotopic (exact) mass is 823 g/mol. The van der Waals surface area contributed by atoms with Crippen LogP contribution in [-0.2, 0) is 16.1 Å². The van der Waals surface area contributed by atoms with Crippen molar-refractivity contribution >= 4 is 46.0 Å². The third-order valence-electron chi connectivity index (χ3n) is 14.1. The summed E-state index contributed by atoms with van der Waals surface area (Å²) in [6.45, 7) is 15.5. The van der Waals surface area contributed by atoms with Gasteiger partial charge in [-0.15, -0.1) is 0 Å². The summed E-state index contributed by atoms with van der Waals surface area (Å²) in [7, 11) is 0. The van der Waals surface area contributed by atoms with E-state index in [2.05, 4.69) is 64.8 Å². The number of nitrogens with two attached hydrogens (primary N) is 1. The number of anilines is 2. The second-order valence-corrected chi connectivity index (χ2v) is 18.6. The summed E-state index contributed by atoms with van der Waals surface area (Å²) >= 11 is 0. The van der Waals surface area contributed by atoms with Gasteiger partial charge in [0.2, 0.25) is 11.8 Å². The minimum absolute atomic E-state index is 0.113. The molecule has 5 aliphatic rings. The fourth-order valence-electron chi connectivity index (χ4n) is 11.3. The minimum Gasteiger partial charge on any atom is -0.489 e. The zero-order valence-corrected chi connectivity index (χ0v) is 35.3. The van der Waals surface area contributed by atoms with Gasteiger partial charge in [-0.3, -0.25) is 34.4 Å². The number of hydrogen-bond donors (Lipinski definition) is 2. The van der Waals surface area contributed by atoms with Crippen LogP contribution in [0, 0.1) is 28.1 Å². The Morgan fingerprint density at radius 1 is 0.934 bits per heavy atom. The highest BCUT2D eigenvalue weighted by atomic mass is 16.5. The maximum absolute atomic E-state index is 13.2. The average Bonchev–Trinajstić information content (AvgIpc) is 3.57. The molecule has 4 amide bonds. The first-order chi connectivity index (χ1) is 29.2. The van der Waals surface area contributed by atoms with Gasteiger partial charge in [-0.25, -0.2) is 4.98 Å². The molecule has 2 aromatic carbocycles. The van der Waals surface area contributed by atoms with Gasteiger partial charge in [-0.2, -0.15) is 5.26 Å². The van der Waals surface area contributed by atoms with Crippen molar-refractivity contribution < 1.29 is 23.9 Å². The number of hydrogen-bond acceptors (Lipinski definition) is 11. The van der Waals surface area contributed by atoms with Crippen molar-refractivity contribution in [3.05, 3.63) is 88.7 Å². The van der Waals surface area contributed by atoms with Crippen LogP contribution in [0.15, 0.2) is 60.8 Å². The highest BCUT2D eigenvalue weighted by Gasteiger charge is 2.65. The second-order valence-electron chi connectivity index (χ2n) is 18.6. The quantitative estimate of drug-likeness (QED) is 0.217. The Bertz CT molecular complexity index is 2460. The molecule has 61 heavy (non-hydrogen) atoms. The smallest absolute Gasteiger partial charge is 0.255 e. The number of carbonyl (C=O) groups excluding carboxylic acids is 4. The molecule has 0 unspecified atom stereocenters. The molecule has 1 saturated carbocycles. The highest BCUT2D eigenvalue weighted by Crippen LogP contribution is 2.65. The van der Waals surface area contributed by atoms with E-state index in [1.165, 1.54) is 0 Å².